The number of rotatable bonds is 6. The highest BCUT2D eigenvalue weighted by atomic mass is 16.5. The van der Waals surface area contributed by atoms with Crippen LogP contribution in [0.15, 0.2) is 53.6 Å². The van der Waals surface area contributed by atoms with Crippen molar-refractivity contribution in [3.05, 3.63) is 59.7 Å². The molecule has 0 heterocycles. The molecule has 0 aliphatic heterocycles. The molecule has 1 N–H and O–H groups in total. The molecular weight excluding hydrogens is 294 g/mol. The van der Waals surface area contributed by atoms with Crippen molar-refractivity contribution < 1.29 is 14.3 Å². The number of hydrogen-bond donors (Lipinski definition) is 1. The first-order chi connectivity index (χ1) is 11.2. The van der Waals surface area contributed by atoms with E-state index in [4.69, 9.17) is 14.7 Å². The third-order valence-electron chi connectivity index (χ3n) is 2.87. The highest BCUT2D eigenvalue weighted by Gasteiger charge is 2.05. The average Bonchev–Trinajstić information content (AvgIpc) is 2.60. The Balaban J connectivity index is 1.82. The number of nitrogens with zero attached hydrogens (tertiary/aromatic N) is 2. The predicted octanol–water partition coefficient (Wildman–Crippen LogP) is 2.10. The lowest BCUT2D eigenvalue weighted by atomic mass is 10.2. The lowest BCUT2D eigenvalue weighted by Gasteiger charge is -2.09. The van der Waals surface area contributed by atoms with Crippen molar-refractivity contribution in [3.63, 3.8) is 0 Å². The van der Waals surface area contributed by atoms with Crippen LogP contribution in [-0.2, 0) is 4.79 Å². The Morgan fingerprint density at radius 2 is 1.91 bits per heavy atom. The first-order valence-corrected chi connectivity index (χ1v) is 6.81. The monoisotopic (exact) mass is 309 g/mol. The molecule has 0 bridgehead atoms. The fraction of sp³-hybridized carbons (Fsp3) is 0.118. The number of amides is 1. The fourth-order valence-electron chi connectivity index (χ4n) is 1.74. The van der Waals surface area contributed by atoms with Gasteiger partial charge in [0.1, 0.15) is 0 Å². The van der Waals surface area contributed by atoms with Crippen molar-refractivity contribution in [1.82, 2.24) is 5.43 Å². The molecule has 0 aromatic heterocycles. The molecule has 0 aliphatic rings. The van der Waals surface area contributed by atoms with Gasteiger partial charge in [-0.3, -0.25) is 4.79 Å². The van der Waals surface area contributed by atoms with Gasteiger partial charge in [-0.1, -0.05) is 24.3 Å². The molecule has 0 radical (unpaired) electrons. The molecule has 2 aromatic carbocycles. The molecular formula is C17H15N3O3. The summed E-state index contributed by atoms with van der Waals surface area (Å²) in [6.45, 7) is -0.176. The number of benzene rings is 2. The Morgan fingerprint density at radius 3 is 2.57 bits per heavy atom. The van der Waals surface area contributed by atoms with Crippen molar-refractivity contribution >= 4 is 12.1 Å². The number of hydrogen-bond acceptors (Lipinski definition) is 5. The molecule has 6 heteroatoms. The topological polar surface area (TPSA) is 83.7 Å². The van der Waals surface area contributed by atoms with Crippen LogP contribution < -0.4 is 14.9 Å². The zero-order valence-electron chi connectivity index (χ0n) is 12.5. The molecule has 0 unspecified atom stereocenters. The number of nitriles is 1. The minimum absolute atomic E-state index is 0.176. The molecule has 1 amide bonds. The molecule has 6 nitrogen and oxygen atoms in total. The molecule has 0 aliphatic carbocycles. The normalized spacial score (nSPS) is 10.1. The van der Waals surface area contributed by atoms with E-state index >= 15 is 0 Å². The van der Waals surface area contributed by atoms with Crippen molar-refractivity contribution in [3.8, 4) is 17.6 Å². The zero-order valence-corrected chi connectivity index (χ0v) is 12.5. The Bertz CT molecular complexity index is 733. The van der Waals surface area contributed by atoms with Crippen molar-refractivity contribution in [2.45, 2.75) is 0 Å². The summed E-state index contributed by atoms with van der Waals surface area (Å²) >= 11 is 0. The van der Waals surface area contributed by atoms with Crippen LogP contribution in [0, 0.1) is 11.3 Å². The summed E-state index contributed by atoms with van der Waals surface area (Å²) in [5.74, 6) is 0.656. The Morgan fingerprint density at radius 1 is 1.22 bits per heavy atom. The van der Waals surface area contributed by atoms with Gasteiger partial charge in [-0.15, -0.1) is 0 Å². The van der Waals surface area contributed by atoms with Gasteiger partial charge in [0.15, 0.2) is 18.1 Å². The Kier molecular flexibility index (Phi) is 5.72. The van der Waals surface area contributed by atoms with E-state index in [0.29, 0.717) is 17.1 Å². The van der Waals surface area contributed by atoms with Crippen LogP contribution in [0.25, 0.3) is 0 Å². The third kappa shape index (κ3) is 4.86. The number of carbonyl (C=O) groups is 1. The van der Waals surface area contributed by atoms with Crippen LogP contribution in [0.2, 0.25) is 0 Å². The second-order valence-corrected chi connectivity index (χ2v) is 4.47. The molecule has 0 spiro atoms. The summed E-state index contributed by atoms with van der Waals surface area (Å²) in [5.41, 5.74) is 3.71. The molecule has 23 heavy (non-hydrogen) atoms. The number of ether oxygens (including phenoxy) is 2. The first kappa shape index (κ1) is 16.0. The van der Waals surface area contributed by atoms with E-state index in [1.807, 2.05) is 12.1 Å². The van der Waals surface area contributed by atoms with E-state index in [-0.39, 0.29) is 12.5 Å². The van der Waals surface area contributed by atoms with Gasteiger partial charge in [-0.25, -0.2) is 5.43 Å². The van der Waals surface area contributed by atoms with Gasteiger partial charge in [-0.2, -0.15) is 10.4 Å². The van der Waals surface area contributed by atoms with Gasteiger partial charge >= 0.3 is 0 Å². The molecule has 0 atom stereocenters. The van der Waals surface area contributed by atoms with Crippen molar-refractivity contribution in [2.75, 3.05) is 13.7 Å². The van der Waals surface area contributed by atoms with Crippen LogP contribution >= 0.6 is 0 Å². The maximum Gasteiger partial charge on any atom is 0.277 e. The minimum atomic E-state index is -0.388. The largest absolute Gasteiger partial charge is 0.493 e. The van der Waals surface area contributed by atoms with E-state index in [9.17, 15) is 4.79 Å². The lowest BCUT2D eigenvalue weighted by molar-refractivity contribution is -0.123. The van der Waals surface area contributed by atoms with Crippen molar-refractivity contribution in [1.29, 1.82) is 5.26 Å². The summed E-state index contributed by atoms with van der Waals surface area (Å²) < 4.78 is 10.5. The summed E-state index contributed by atoms with van der Waals surface area (Å²) in [6, 6.07) is 15.9. The molecule has 2 rings (SSSR count). The SMILES string of the molecule is COc1ccccc1OCC(=O)N/N=C\c1ccc(C#N)cc1. The summed E-state index contributed by atoms with van der Waals surface area (Å²) in [4.78, 5) is 11.7. The second kappa shape index (κ2) is 8.20. The predicted molar refractivity (Wildman–Crippen MR) is 85.4 cm³/mol. The van der Waals surface area contributed by atoms with E-state index < -0.39 is 0 Å². The lowest BCUT2D eigenvalue weighted by Crippen LogP contribution is -2.24. The van der Waals surface area contributed by atoms with Gasteiger partial charge in [-0.05, 0) is 29.8 Å². The van der Waals surface area contributed by atoms with Crippen LogP contribution in [-0.4, -0.2) is 25.8 Å². The summed E-state index contributed by atoms with van der Waals surface area (Å²) in [5, 5.41) is 12.5. The second-order valence-electron chi connectivity index (χ2n) is 4.47. The van der Waals surface area contributed by atoms with Crippen molar-refractivity contribution in [2.24, 2.45) is 5.10 Å². The van der Waals surface area contributed by atoms with E-state index in [1.165, 1.54) is 13.3 Å². The quantitative estimate of drug-likeness (QED) is 0.654. The van der Waals surface area contributed by atoms with E-state index in [2.05, 4.69) is 10.5 Å². The summed E-state index contributed by atoms with van der Waals surface area (Å²) in [6.07, 6.45) is 1.49. The zero-order chi connectivity index (χ0) is 16.5. The van der Waals surface area contributed by atoms with Gasteiger partial charge in [0.05, 0.1) is 25.0 Å². The smallest absolute Gasteiger partial charge is 0.277 e. The number of hydrazone groups is 1. The van der Waals surface area contributed by atoms with E-state index in [1.54, 1.807) is 42.5 Å². The van der Waals surface area contributed by atoms with Crippen LogP contribution in [0.5, 0.6) is 11.5 Å². The minimum Gasteiger partial charge on any atom is -0.493 e. The maximum atomic E-state index is 11.7. The number of para-hydroxylation sites is 2. The highest BCUT2D eigenvalue weighted by molar-refractivity contribution is 5.83. The molecule has 2 aromatic rings. The first-order valence-electron chi connectivity index (χ1n) is 6.81. The molecule has 0 saturated carbocycles. The standard InChI is InChI=1S/C17H15N3O3/c1-22-15-4-2-3-5-16(15)23-12-17(21)20-19-11-14-8-6-13(10-18)7-9-14/h2-9,11H,12H2,1H3,(H,20,21)/b19-11-. The van der Waals surface area contributed by atoms with Gasteiger partial charge in [0.2, 0.25) is 0 Å². The Hall–Kier alpha value is -3.33. The Labute approximate surface area is 134 Å². The fourth-order valence-corrected chi connectivity index (χ4v) is 1.74. The van der Waals surface area contributed by atoms with Crippen LogP contribution in [0.1, 0.15) is 11.1 Å². The molecule has 0 saturated heterocycles. The molecule has 0 fully saturated rings. The number of methoxy groups -OCH3 is 1. The van der Waals surface area contributed by atoms with Gasteiger partial charge < -0.3 is 9.47 Å². The average molecular weight is 309 g/mol. The highest BCUT2D eigenvalue weighted by Crippen LogP contribution is 2.25. The van der Waals surface area contributed by atoms with Gasteiger partial charge in [0.25, 0.3) is 5.91 Å². The number of carbonyl (C=O) groups excluding carboxylic acids is 1. The van der Waals surface area contributed by atoms with Crippen LogP contribution in [0.3, 0.4) is 0 Å². The van der Waals surface area contributed by atoms with Gasteiger partial charge in [0, 0.05) is 0 Å². The van der Waals surface area contributed by atoms with E-state index in [0.717, 1.165) is 5.56 Å². The molecule has 116 valence electrons. The summed E-state index contributed by atoms with van der Waals surface area (Å²) in [7, 11) is 1.53. The number of nitrogens with one attached hydrogen (secondary N) is 1. The third-order valence-corrected chi connectivity index (χ3v) is 2.87. The maximum absolute atomic E-state index is 11.7. The van der Waals surface area contributed by atoms with Crippen LogP contribution in [0.4, 0.5) is 0 Å².